The first-order valence-electron chi connectivity index (χ1n) is 12.8. The van der Waals surface area contributed by atoms with Crippen molar-refractivity contribution >= 4 is 28.4 Å². The van der Waals surface area contributed by atoms with Crippen molar-refractivity contribution in [3.05, 3.63) is 42.4 Å². The van der Waals surface area contributed by atoms with E-state index in [2.05, 4.69) is 42.4 Å². The lowest BCUT2D eigenvalue weighted by Gasteiger charge is -2.32. The van der Waals surface area contributed by atoms with Crippen LogP contribution in [0, 0.1) is 0 Å². The second kappa shape index (κ2) is 9.51. The molecule has 0 unspecified atom stereocenters. The Morgan fingerprint density at radius 2 is 2.03 bits per heavy atom. The number of amides is 1. The van der Waals surface area contributed by atoms with E-state index in [0.29, 0.717) is 17.6 Å². The minimum Gasteiger partial charge on any atom is -0.391 e. The fraction of sp³-hybridized carbons (Fsp3) is 0.462. The number of aromatic nitrogens is 5. The summed E-state index contributed by atoms with van der Waals surface area (Å²) in [6.07, 6.45) is 10.4. The van der Waals surface area contributed by atoms with Crippen LogP contribution in [0.5, 0.6) is 0 Å². The highest BCUT2D eigenvalue weighted by Crippen LogP contribution is 2.31. The number of pyridine rings is 1. The predicted octanol–water partition coefficient (Wildman–Crippen LogP) is 2.53. The molecule has 10 heteroatoms. The number of nitrogens with zero attached hydrogens (tertiary/aromatic N) is 6. The zero-order valence-corrected chi connectivity index (χ0v) is 20.5. The van der Waals surface area contributed by atoms with Crippen LogP contribution in [0.25, 0.3) is 27.9 Å². The molecule has 0 radical (unpaired) electrons. The molecule has 2 aliphatic rings. The number of carbonyl (C=O) groups excluding carboxylic acids is 1. The second-order valence-electron chi connectivity index (χ2n) is 9.81. The molecule has 4 aromatic heterocycles. The highest BCUT2D eigenvalue weighted by Gasteiger charge is 2.31. The number of aliphatic hydroxyl groups is 1. The average Bonchev–Trinajstić information content (AvgIpc) is 3.51. The molecule has 6 rings (SSSR count). The third kappa shape index (κ3) is 4.10. The molecule has 0 aromatic carbocycles. The van der Waals surface area contributed by atoms with Crippen molar-refractivity contribution in [1.82, 2.24) is 34.4 Å². The largest absolute Gasteiger partial charge is 0.391 e. The third-order valence-corrected chi connectivity index (χ3v) is 7.54. The summed E-state index contributed by atoms with van der Waals surface area (Å²) in [5, 5.41) is 21.4. The minimum absolute atomic E-state index is 0.219. The molecule has 3 N–H and O–H groups in total. The molecule has 10 nitrogen and oxygen atoms in total. The predicted molar refractivity (Wildman–Crippen MR) is 138 cm³/mol. The summed E-state index contributed by atoms with van der Waals surface area (Å²) in [4.78, 5) is 25.1. The summed E-state index contributed by atoms with van der Waals surface area (Å²) in [7, 11) is 1.83. The van der Waals surface area contributed by atoms with E-state index in [-0.39, 0.29) is 11.9 Å². The van der Waals surface area contributed by atoms with Crippen LogP contribution in [-0.2, 0) is 6.54 Å². The van der Waals surface area contributed by atoms with Gasteiger partial charge < -0.3 is 25.2 Å². The second-order valence-corrected chi connectivity index (χ2v) is 9.81. The van der Waals surface area contributed by atoms with Crippen LogP contribution in [-0.4, -0.2) is 78.9 Å². The van der Waals surface area contributed by atoms with Crippen LogP contribution in [0.4, 0.5) is 5.82 Å². The maximum Gasteiger partial charge on any atom is 0.257 e. The molecule has 188 valence electrons. The van der Waals surface area contributed by atoms with E-state index in [1.54, 1.807) is 4.52 Å². The van der Waals surface area contributed by atoms with Crippen molar-refractivity contribution in [2.24, 2.45) is 0 Å². The molecule has 36 heavy (non-hydrogen) atoms. The summed E-state index contributed by atoms with van der Waals surface area (Å²) in [6.45, 7) is 4.17. The van der Waals surface area contributed by atoms with Gasteiger partial charge in [-0.25, -0.2) is 9.97 Å². The van der Waals surface area contributed by atoms with E-state index < -0.39 is 6.10 Å². The SMILES string of the molecule is CNc1cc(-c2cn(CCN3CCCCC3)c3ncccc23)nc2c(C(=O)N[C@@H]3CC[C@H]3O)cnn12. The Kier molecular flexibility index (Phi) is 6.06. The Morgan fingerprint density at radius 3 is 2.78 bits per heavy atom. The van der Waals surface area contributed by atoms with Crippen molar-refractivity contribution in [3.8, 4) is 11.3 Å². The summed E-state index contributed by atoms with van der Waals surface area (Å²) >= 11 is 0. The van der Waals surface area contributed by atoms with Crippen molar-refractivity contribution < 1.29 is 9.90 Å². The molecule has 2 atom stereocenters. The third-order valence-electron chi connectivity index (χ3n) is 7.54. The average molecular weight is 489 g/mol. The van der Waals surface area contributed by atoms with E-state index in [1.807, 2.05) is 25.4 Å². The van der Waals surface area contributed by atoms with Gasteiger partial charge in [0.05, 0.1) is 24.0 Å². The molecule has 1 saturated carbocycles. The van der Waals surface area contributed by atoms with E-state index in [1.165, 1.54) is 25.5 Å². The van der Waals surface area contributed by atoms with Gasteiger partial charge in [0.15, 0.2) is 5.65 Å². The van der Waals surface area contributed by atoms with Crippen molar-refractivity contribution in [1.29, 1.82) is 0 Å². The molecule has 0 bridgehead atoms. The first-order valence-corrected chi connectivity index (χ1v) is 12.8. The van der Waals surface area contributed by atoms with Crippen molar-refractivity contribution in [2.45, 2.75) is 50.8 Å². The highest BCUT2D eigenvalue weighted by molar-refractivity contribution is 6.01. The number of nitrogens with one attached hydrogen (secondary N) is 2. The van der Waals surface area contributed by atoms with Crippen LogP contribution in [0.1, 0.15) is 42.5 Å². The standard InChI is InChI=1S/C26H32N8O2/c1-27-23-14-21(30-25-18(15-29-34(23)25)26(36)31-20-7-8-22(20)35)19-16-33(24-17(19)6-5-9-28-24)13-12-32-10-3-2-4-11-32/h5-6,9,14-16,20,22,27,35H,2-4,7-8,10-13H2,1H3,(H,31,36)/t20-,22-/m1/s1. The zero-order chi connectivity index (χ0) is 24.6. The maximum atomic E-state index is 13.0. The lowest BCUT2D eigenvalue weighted by Crippen LogP contribution is -2.50. The number of hydrogen-bond donors (Lipinski definition) is 3. The lowest BCUT2D eigenvalue weighted by atomic mass is 9.89. The lowest BCUT2D eigenvalue weighted by molar-refractivity contribution is 0.0448. The van der Waals surface area contributed by atoms with E-state index in [0.717, 1.165) is 60.7 Å². The number of carbonyl (C=O) groups is 1. The molecule has 1 saturated heterocycles. The number of rotatable bonds is 7. The van der Waals surface area contributed by atoms with E-state index in [4.69, 9.17) is 4.98 Å². The summed E-state index contributed by atoms with van der Waals surface area (Å²) < 4.78 is 3.86. The molecule has 0 spiro atoms. The monoisotopic (exact) mass is 488 g/mol. The Morgan fingerprint density at radius 1 is 1.17 bits per heavy atom. The molecule has 1 amide bonds. The van der Waals surface area contributed by atoms with E-state index >= 15 is 0 Å². The molecular formula is C26H32N8O2. The molecule has 1 aliphatic heterocycles. The number of likely N-dealkylation sites (tertiary alicyclic amines) is 1. The van der Waals surface area contributed by atoms with Gasteiger partial charge in [0, 0.05) is 49.5 Å². The quantitative estimate of drug-likeness (QED) is 0.366. The Bertz CT molecular complexity index is 1400. The number of hydrogen-bond acceptors (Lipinski definition) is 7. The molecule has 4 aromatic rings. The van der Waals surface area contributed by atoms with Gasteiger partial charge in [-0.15, -0.1) is 0 Å². The summed E-state index contributed by atoms with van der Waals surface area (Å²) in [5.74, 6) is 0.460. The summed E-state index contributed by atoms with van der Waals surface area (Å²) in [5.41, 5.74) is 3.51. The number of piperidine rings is 1. The highest BCUT2D eigenvalue weighted by atomic mass is 16.3. The topological polar surface area (TPSA) is 113 Å². The van der Waals surface area contributed by atoms with Gasteiger partial charge in [0.1, 0.15) is 17.0 Å². The van der Waals surface area contributed by atoms with Crippen LogP contribution in [0.3, 0.4) is 0 Å². The van der Waals surface area contributed by atoms with Gasteiger partial charge >= 0.3 is 0 Å². The summed E-state index contributed by atoms with van der Waals surface area (Å²) in [6, 6.07) is 5.75. The molecular weight excluding hydrogens is 456 g/mol. The normalized spacial score (nSPS) is 20.5. The Balaban J connectivity index is 1.37. The number of aliphatic hydroxyl groups excluding tert-OH is 1. The number of fused-ring (bicyclic) bond motifs is 2. The Hall–Kier alpha value is -3.50. The minimum atomic E-state index is -0.490. The van der Waals surface area contributed by atoms with Gasteiger partial charge in [-0.1, -0.05) is 6.42 Å². The van der Waals surface area contributed by atoms with Crippen molar-refractivity contribution in [3.63, 3.8) is 0 Å². The fourth-order valence-corrected chi connectivity index (χ4v) is 5.27. The van der Waals surface area contributed by atoms with Gasteiger partial charge in [0.2, 0.25) is 0 Å². The first kappa shape index (κ1) is 22.9. The molecule has 1 aliphatic carbocycles. The first-order chi connectivity index (χ1) is 17.6. The van der Waals surface area contributed by atoms with E-state index in [9.17, 15) is 9.90 Å². The van der Waals surface area contributed by atoms with Gasteiger partial charge in [-0.2, -0.15) is 9.61 Å². The van der Waals surface area contributed by atoms with Gasteiger partial charge in [0.25, 0.3) is 5.91 Å². The van der Waals surface area contributed by atoms with Crippen LogP contribution >= 0.6 is 0 Å². The smallest absolute Gasteiger partial charge is 0.257 e. The van der Waals surface area contributed by atoms with Gasteiger partial charge in [-0.05, 0) is 50.9 Å². The van der Waals surface area contributed by atoms with Crippen molar-refractivity contribution in [2.75, 3.05) is 32.0 Å². The van der Waals surface area contributed by atoms with Crippen LogP contribution in [0.15, 0.2) is 36.8 Å². The fourth-order valence-electron chi connectivity index (χ4n) is 5.27. The Labute approximate surface area is 209 Å². The molecule has 2 fully saturated rings. The van der Waals surface area contributed by atoms with Crippen LogP contribution in [0.2, 0.25) is 0 Å². The van der Waals surface area contributed by atoms with Gasteiger partial charge in [-0.3, -0.25) is 4.79 Å². The molecule has 5 heterocycles. The number of anilines is 1. The maximum absolute atomic E-state index is 13.0. The zero-order valence-electron chi connectivity index (χ0n) is 20.5. The van der Waals surface area contributed by atoms with Crippen LogP contribution < -0.4 is 10.6 Å².